The van der Waals surface area contributed by atoms with E-state index in [2.05, 4.69) is 21.4 Å². The van der Waals surface area contributed by atoms with Gasteiger partial charge in [-0.1, -0.05) is 0 Å². The minimum Gasteiger partial charge on any atom is -0.494 e. The number of carboxylic acids is 1. The number of benzene rings is 2. The molecule has 0 bridgehead atoms. The van der Waals surface area contributed by atoms with Crippen LogP contribution in [-0.4, -0.2) is 43.6 Å². The highest BCUT2D eigenvalue weighted by atomic mass is 36.0. The summed E-state index contributed by atoms with van der Waals surface area (Å²) in [6, 6.07) is 11.8. The number of aliphatic carboxylic acids is 1. The van der Waals surface area contributed by atoms with Gasteiger partial charge in [-0.25, -0.2) is 4.21 Å². The summed E-state index contributed by atoms with van der Waals surface area (Å²) < 4.78 is 19.9. The Labute approximate surface area is 247 Å². The van der Waals surface area contributed by atoms with Crippen molar-refractivity contribution in [1.82, 2.24) is 0 Å². The van der Waals surface area contributed by atoms with E-state index in [9.17, 15) is 29.8 Å². The first-order valence-corrected chi connectivity index (χ1v) is 15.0. The minimum absolute atomic E-state index is 0.0313. The molecule has 2 aromatic carbocycles. The number of hydrogen-bond donors (Lipinski definition) is 1. The van der Waals surface area contributed by atoms with Crippen LogP contribution in [0.3, 0.4) is 0 Å². The van der Waals surface area contributed by atoms with Gasteiger partial charge in [-0.15, -0.1) is 0 Å². The van der Waals surface area contributed by atoms with E-state index < -0.39 is 25.0 Å². The Morgan fingerprint density at radius 1 is 0.725 bits per heavy atom. The van der Waals surface area contributed by atoms with E-state index in [0.717, 1.165) is 32.1 Å². The number of ether oxygens (including phenoxy) is 2. The molecule has 2 rings (SSSR count). The molecule has 1 N–H and O–H groups in total. The van der Waals surface area contributed by atoms with Crippen LogP contribution in [-0.2, 0) is 18.8 Å². The number of hydrogen-bond acceptors (Lipinski definition) is 9. The Morgan fingerprint density at radius 2 is 1.07 bits per heavy atom. The molecule has 2 aromatic rings. The van der Waals surface area contributed by atoms with Gasteiger partial charge in [0.05, 0.1) is 23.1 Å². The molecular weight excluding hydrogens is 615 g/mol. The topological polar surface area (TPSA) is 176 Å². The molecule has 0 aliphatic heterocycles. The number of carbonyl (C=O) groups excluding carboxylic acids is 1. The first kappa shape index (κ1) is 37.0. The SMILES string of the molecule is O=C(Cl)CCCCCOc1ccc([N+](=O)[O-])cc1.O=C(O)CCCCCOc1ccc([N+](=O)[O-])cc1.O=S(Cl)Cl. The molecule has 12 nitrogen and oxygen atoms in total. The normalized spacial score (nSPS) is 9.90. The van der Waals surface area contributed by atoms with Gasteiger partial charge in [-0.05, 0) is 74.4 Å². The molecule has 40 heavy (non-hydrogen) atoms. The second-order valence-corrected chi connectivity index (χ2v) is 10.7. The summed E-state index contributed by atoms with van der Waals surface area (Å²) in [5.74, 6) is 0.402. The van der Waals surface area contributed by atoms with E-state index in [4.69, 9.17) is 30.4 Å². The lowest BCUT2D eigenvalue weighted by molar-refractivity contribution is -0.385. The summed E-state index contributed by atoms with van der Waals surface area (Å²) in [5, 5.41) is 29.0. The number of carbonyl (C=O) groups is 2. The summed E-state index contributed by atoms with van der Waals surface area (Å²) >= 11 is 5.20. The van der Waals surface area contributed by atoms with E-state index in [1.165, 1.54) is 24.3 Å². The number of halogens is 3. The van der Waals surface area contributed by atoms with Crippen LogP contribution < -0.4 is 9.47 Å². The molecule has 0 saturated carbocycles. The highest BCUT2D eigenvalue weighted by Gasteiger charge is 2.05. The van der Waals surface area contributed by atoms with Crippen LogP contribution in [0.2, 0.25) is 0 Å². The monoisotopic (exact) mass is 642 g/mol. The van der Waals surface area contributed by atoms with E-state index in [0.29, 0.717) is 37.6 Å². The Morgan fingerprint density at radius 3 is 1.38 bits per heavy atom. The molecule has 0 unspecified atom stereocenters. The summed E-state index contributed by atoms with van der Waals surface area (Å²) in [5.41, 5.74) is 0.0757. The molecule has 0 heterocycles. The second kappa shape index (κ2) is 22.8. The van der Waals surface area contributed by atoms with E-state index in [-0.39, 0.29) is 23.0 Å². The molecule has 0 aliphatic rings. The maximum Gasteiger partial charge on any atom is 0.303 e. The predicted molar refractivity (Wildman–Crippen MR) is 152 cm³/mol. The zero-order valence-electron chi connectivity index (χ0n) is 21.2. The number of nitrogens with zero attached hydrogens (tertiary/aromatic N) is 2. The van der Waals surface area contributed by atoms with Crippen molar-refractivity contribution in [1.29, 1.82) is 0 Å². The number of nitro groups is 2. The number of nitro benzene ring substituents is 2. The zero-order valence-corrected chi connectivity index (χ0v) is 24.3. The van der Waals surface area contributed by atoms with Crippen molar-refractivity contribution >= 4 is 64.8 Å². The lowest BCUT2D eigenvalue weighted by Crippen LogP contribution is -1.99. The Kier molecular flexibility index (Phi) is 21.1. The molecular formula is C24H29Cl3N2O10S. The van der Waals surface area contributed by atoms with Crippen LogP contribution in [0.15, 0.2) is 48.5 Å². The van der Waals surface area contributed by atoms with Crippen LogP contribution in [0.4, 0.5) is 11.4 Å². The highest BCUT2D eigenvalue weighted by molar-refractivity contribution is 8.26. The van der Waals surface area contributed by atoms with Gasteiger partial charge in [0.15, 0.2) is 0 Å². The molecule has 0 aliphatic carbocycles. The van der Waals surface area contributed by atoms with Gasteiger partial charge >= 0.3 is 5.97 Å². The van der Waals surface area contributed by atoms with Crippen LogP contribution >= 0.6 is 33.0 Å². The number of rotatable bonds is 16. The standard InChI is InChI=1S/C12H14ClNO4.C12H15NO5.Cl2OS/c13-12(15)4-2-1-3-9-18-11-7-5-10(6-8-11)14(16)17;14-12(15)4-2-1-3-9-18-11-7-5-10(6-8-11)13(16)17;1-4(2)3/h5-8H,1-4,9H2;5-8H,1-4,9H2,(H,14,15);. The molecule has 222 valence electrons. The Balaban J connectivity index is 0.000000671. The molecule has 0 radical (unpaired) electrons. The minimum atomic E-state index is -1.67. The van der Waals surface area contributed by atoms with E-state index >= 15 is 0 Å². The second-order valence-electron chi connectivity index (χ2n) is 7.75. The molecule has 16 heteroatoms. The fraction of sp³-hybridized carbons (Fsp3) is 0.417. The fourth-order valence-corrected chi connectivity index (χ4v) is 2.94. The van der Waals surface area contributed by atoms with Crippen LogP contribution in [0.5, 0.6) is 11.5 Å². The Hall–Kier alpha value is -3.00. The lowest BCUT2D eigenvalue weighted by atomic mass is 10.2. The first-order valence-electron chi connectivity index (χ1n) is 11.8. The summed E-state index contributed by atoms with van der Waals surface area (Å²) in [6.07, 6.45) is 5.21. The van der Waals surface area contributed by atoms with Crippen molar-refractivity contribution in [3.8, 4) is 11.5 Å². The summed E-state index contributed by atoms with van der Waals surface area (Å²) in [6.45, 7) is 1.01. The number of carboxylic acid groups (broad SMARTS) is 1. The maximum atomic E-state index is 10.5. The maximum absolute atomic E-state index is 10.5. The van der Waals surface area contributed by atoms with Gasteiger partial charge in [-0.2, -0.15) is 0 Å². The average Bonchev–Trinajstić information content (AvgIpc) is 2.88. The smallest absolute Gasteiger partial charge is 0.303 e. The van der Waals surface area contributed by atoms with Crippen LogP contribution in [0.1, 0.15) is 51.4 Å². The molecule has 0 atom stereocenters. The van der Waals surface area contributed by atoms with Crippen molar-refractivity contribution in [2.75, 3.05) is 13.2 Å². The van der Waals surface area contributed by atoms with Gasteiger partial charge in [0, 0.05) is 58.5 Å². The van der Waals surface area contributed by atoms with E-state index in [1.807, 2.05) is 0 Å². The van der Waals surface area contributed by atoms with Crippen molar-refractivity contribution < 1.29 is 38.2 Å². The highest BCUT2D eigenvalue weighted by Crippen LogP contribution is 2.18. The van der Waals surface area contributed by atoms with Gasteiger partial charge < -0.3 is 14.6 Å². The fourth-order valence-electron chi connectivity index (χ4n) is 2.81. The third kappa shape index (κ3) is 21.9. The molecule has 0 fully saturated rings. The first-order chi connectivity index (χ1) is 18.9. The number of non-ortho nitro benzene ring substituents is 2. The average molecular weight is 644 g/mol. The van der Waals surface area contributed by atoms with Crippen LogP contribution in [0.25, 0.3) is 0 Å². The van der Waals surface area contributed by atoms with Crippen molar-refractivity contribution in [3.63, 3.8) is 0 Å². The van der Waals surface area contributed by atoms with Gasteiger partial charge in [0.1, 0.15) is 11.5 Å². The van der Waals surface area contributed by atoms with Crippen molar-refractivity contribution in [3.05, 3.63) is 68.8 Å². The molecule has 0 aromatic heterocycles. The van der Waals surface area contributed by atoms with E-state index in [1.54, 1.807) is 24.3 Å². The largest absolute Gasteiger partial charge is 0.494 e. The summed E-state index contributed by atoms with van der Waals surface area (Å²) in [4.78, 5) is 40.6. The van der Waals surface area contributed by atoms with Gasteiger partial charge in [0.25, 0.3) is 11.4 Å². The van der Waals surface area contributed by atoms with Crippen molar-refractivity contribution in [2.24, 2.45) is 0 Å². The zero-order chi connectivity index (χ0) is 30.3. The van der Waals surface area contributed by atoms with Crippen LogP contribution in [0, 0.1) is 20.2 Å². The van der Waals surface area contributed by atoms with Crippen molar-refractivity contribution in [2.45, 2.75) is 51.4 Å². The quantitative estimate of drug-likeness (QED) is 0.0870. The third-order valence-electron chi connectivity index (χ3n) is 4.69. The Bertz CT molecular complexity index is 990. The third-order valence-corrected chi connectivity index (χ3v) is 4.87. The van der Waals surface area contributed by atoms with Gasteiger partial charge in [-0.3, -0.25) is 29.8 Å². The molecule has 0 amide bonds. The number of unbranched alkanes of at least 4 members (excludes halogenated alkanes) is 4. The molecule has 0 spiro atoms. The predicted octanol–water partition coefficient (Wildman–Crippen LogP) is 6.96. The van der Waals surface area contributed by atoms with Gasteiger partial charge in [0.2, 0.25) is 14.5 Å². The molecule has 0 saturated heterocycles. The lowest BCUT2D eigenvalue weighted by Gasteiger charge is -2.05. The summed E-state index contributed by atoms with van der Waals surface area (Å²) in [7, 11) is 7.36.